The summed E-state index contributed by atoms with van der Waals surface area (Å²) >= 11 is 0. The van der Waals surface area contributed by atoms with Crippen LogP contribution >= 0.6 is 0 Å². The van der Waals surface area contributed by atoms with Crippen molar-refractivity contribution >= 4 is 0 Å². The molecule has 0 spiro atoms. The van der Waals surface area contributed by atoms with Gasteiger partial charge in [0.05, 0.1) is 0 Å². The van der Waals surface area contributed by atoms with Gasteiger partial charge in [0.2, 0.25) is 0 Å². The molecule has 1 saturated heterocycles. The molecule has 84 valence electrons. The molecule has 1 unspecified atom stereocenters. The minimum atomic E-state index is 0.692. The SMILES string of the molecule is CCCCC(C)NCC1CCOCC1. The summed E-state index contributed by atoms with van der Waals surface area (Å²) < 4.78 is 5.34. The van der Waals surface area contributed by atoms with Gasteiger partial charge in [0.1, 0.15) is 0 Å². The highest BCUT2D eigenvalue weighted by Gasteiger charge is 2.13. The normalized spacial score (nSPS) is 21.0. The van der Waals surface area contributed by atoms with Crippen LogP contribution in [0.4, 0.5) is 0 Å². The lowest BCUT2D eigenvalue weighted by atomic mass is 10.00. The molecule has 0 aromatic rings. The van der Waals surface area contributed by atoms with Gasteiger partial charge in [-0.05, 0) is 38.6 Å². The van der Waals surface area contributed by atoms with Crippen molar-refractivity contribution in [3.05, 3.63) is 0 Å². The summed E-state index contributed by atoms with van der Waals surface area (Å²) in [5.41, 5.74) is 0. The van der Waals surface area contributed by atoms with Crippen LogP contribution in [0.1, 0.15) is 46.0 Å². The zero-order valence-electron chi connectivity index (χ0n) is 9.72. The summed E-state index contributed by atoms with van der Waals surface area (Å²) in [6.45, 7) is 7.68. The first-order valence-corrected chi connectivity index (χ1v) is 6.14. The van der Waals surface area contributed by atoms with Gasteiger partial charge in [-0.1, -0.05) is 19.8 Å². The Morgan fingerprint density at radius 3 is 2.71 bits per heavy atom. The lowest BCUT2D eigenvalue weighted by Gasteiger charge is -2.24. The summed E-state index contributed by atoms with van der Waals surface area (Å²) in [5, 5.41) is 3.63. The van der Waals surface area contributed by atoms with E-state index < -0.39 is 0 Å². The maximum Gasteiger partial charge on any atom is 0.0469 e. The van der Waals surface area contributed by atoms with E-state index >= 15 is 0 Å². The highest BCUT2D eigenvalue weighted by Crippen LogP contribution is 2.13. The average Bonchev–Trinajstić information content (AvgIpc) is 2.25. The van der Waals surface area contributed by atoms with Gasteiger partial charge in [-0.2, -0.15) is 0 Å². The number of nitrogens with one attached hydrogen (secondary N) is 1. The second-order valence-corrected chi connectivity index (χ2v) is 4.51. The Labute approximate surface area is 88.4 Å². The number of ether oxygens (including phenoxy) is 1. The first-order chi connectivity index (χ1) is 6.83. The second-order valence-electron chi connectivity index (χ2n) is 4.51. The highest BCUT2D eigenvalue weighted by molar-refractivity contribution is 4.69. The number of hydrogen-bond donors (Lipinski definition) is 1. The Bertz CT molecular complexity index is 132. The summed E-state index contributed by atoms with van der Waals surface area (Å²) in [6.07, 6.45) is 6.46. The van der Waals surface area contributed by atoms with Crippen molar-refractivity contribution in [2.45, 2.75) is 52.0 Å². The molecule has 1 rings (SSSR count). The largest absolute Gasteiger partial charge is 0.381 e. The fraction of sp³-hybridized carbons (Fsp3) is 1.00. The minimum absolute atomic E-state index is 0.692. The molecule has 2 heteroatoms. The topological polar surface area (TPSA) is 21.3 Å². The third-order valence-electron chi connectivity index (χ3n) is 3.09. The van der Waals surface area contributed by atoms with Crippen molar-refractivity contribution in [3.63, 3.8) is 0 Å². The van der Waals surface area contributed by atoms with Gasteiger partial charge in [0.15, 0.2) is 0 Å². The Hall–Kier alpha value is -0.0800. The molecule has 1 aliphatic rings. The van der Waals surface area contributed by atoms with E-state index in [1.54, 1.807) is 0 Å². The van der Waals surface area contributed by atoms with E-state index in [9.17, 15) is 0 Å². The molecule has 1 atom stereocenters. The molecule has 0 aromatic carbocycles. The molecule has 2 nitrogen and oxygen atoms in total. The van der Waals surface area contributed by atoms with Crippen molar-refractivity contribution in [3.8, 4) is 0 Å². The van der Waals surface area contributed by atoms with Crippen molar-refractivity contribution < 1.29 is 4.74 Å². The van der Waals surface area contributed by atoms with E-state index in [-0.39, 0.29) is 0 Å². The maximum atomic E-state index is 5.34. The molecule has 1 N–H and O–H groups in total. The van der Waals surface area contributed by atoms with Crippen LogP contribution in [0, 0.1) is 5.92 Å². The lowest BCUT2D eigenvalue weighted by molar-refractivity contribution is 0.0655. The molecule has 0 amide bonds. The molecule has 1 heterocycles. The van der Waals surface area contributed by atoms with Gasteiger partial charge < -0.3 is 10.1 Å². The van der Waals surface area contributed by atoms with Crippen LogP contribution in [0.3, 0.4) is 0 Å². The average molecular weight is 199 g/mol. The standard InChI is InChI=1S/C12H25NO/c1-3-4-5-11(2)13-10-12-6-8-14-9-7-12/h11-13H,3-10H2,1-2H3. The van der Waals surface area contributed by atoms with E-state index in [2.05, 4.69) is 19.2 Å². The summed E-state index contributed by atoms with van der Waals surface area (Å²) in [4.78, 5) is 0. The molecular weight excluding hydrogens is 174 g/mol. The first-order valence-electron chi connectivity index (χ1n) is 6.14. The number of rotatable bonds is 6. The van der Waals surface area contributed by atoms with E-state index in [4.69, 9.17) is 4.74 Å². The molecular formula is C12H25NO. The van der Waals surface area contributed by atoms with Crippen LogP contribution in [-0.2, 0) is 4.74 Å². The van der Waals surface area contributed by atoms with Crippen molar-refractivity contribution in [1.82, 2.24) is 5.32 Å². The highest BCUT2D eigenvalue weighted by atomic mass is 16.5. The maximum absolute atomic E-state index is 5.34. The fourth-order valence-electron chi connectivity index (χ4n) is 1.93. The minimum Gasteiger partial charge on any atom is -0.381 e. The van der Waals surface area contributed by atoms with Crippen LogP contribution in [0.2, 0.25) is 0 Å². The molecule has 0 aliphatic carbocycles. The first kappa shape index (κ1) is 12.0. The van der Waals surface area contributed by atoms with E-state index in [0.29, 0.717) is 6.04 Å². The third-order valence-corrected chi connectivity index (χ3v) is 3.09. The number of hydrogen-bond acceptors (Lipinski definition) is 2. The van der Waals surface area contributed by atoms with Gasteiger partial charge in [0.25, 0.3) is 0 Å². The molecule has 0 bridgehead atoms. The molecule has 0 aromatic heterocycles. The molecule has 0 saturated carbocycles. The summed E-state index contributed by atoms with van der Waals surface area (Å²) in [5.74, 6) is 0.854. The van der Waals surface area contributed by atoms with Crippen LogP contribution < -0.4 is 5.32 Å². The zero-order valence-corrected chi connectivity index (χ0v) is 9.72. The number of unbranched alkanes of at least 4 members (excludes halogenated alkanes) is 1. The summed E-state index contributed by atoms with van der Waals surface area (Å²) in [7, 11) is 0. The predicted octanol–water partition coefficient (Wildman–Crippen LogP) is 2.58. The van der Waals surface area contributed by atoms with Crippen LogP contribution in [0.15, 0.2) is 0 Å². The van der Waals surface area contributed by atoms with Gasteiger partial charge >= 0.3 is 0 Å². The molecule has 14 heavy (non-hydrogen) atoms. The third kappa shape index (κ3) is 4.97. The quantitative estimate of drug-likeness (QED) is 0.710. The van der Waals surface area contributed by atoms with E-state index in [1.807, 2.05) is 0 Å². The molecule has 1 fully saturated rings. The van der Waals surface area contributed by atoms with E-state index in [0.717, 1.165) is 19.1 Å². The monoisotopic (exact) mass is 199 g/mol. The fourth-order valence-corrected chi connectivity index (χ4v) is 1.93. The lowest BCUT2D eigenvalue weighted by Crippen LogP contribution is -2.33. The Kier molecular flexibility index (Phi) is 6.20. The van der Waals surface area contributed by atoms with Crippen LogP contribution in [-0.4, -0.2) is 25.8 Å². The van der Waals surface area contributed by atoms with Crippen molar-refractivity contribution in [2.75, 3.05) is 19.8 Å². The van der Waals surface area contributed by atoms with Crippen LogP contribution in [0.5, 0.6) is 0 Å². The zero-order chi connectivity index (χ0) is 10.2. The Morgan fingerprint density at radius 1 is 1.36 bits per heavy atom. The smallest absolute Gasteiger partial charge is 0.0469 e. The molecule has 1 aliphatic heterocycles. The second kappa shape index (κ2) is 7.24. The van der Waals surface area contributed by atoms with Crippen molar-refractivity contribution in [1.29, 1.82) is 0 Å². The molecule has 0 radical (unpaired) electrons. The predicted molar refractivity (Wildman–Crippen MR) is 60.5 cm³/mol. The van der Waals surface area contributed by atoms with Gasteiger partial charge in [-0.25, -0.2) is 0 Å². The van der Waals surface area contributed by atoms with Gasteiger partial charge in [-0.3, -0.25) is 0 Å². The van der Waals surface area contributed by atoms with Crippen LogP contribution in [0.25, 0.3) is 0 Å². The van der Waals surface area contributed by atoms with Gasteiger partial charge in [0, 0.05) is 19.3 Å². The Morgan fingerprint density at radius 2 is 2.07 bits per heavy atom. The summed E-state index contributed by atoms with van der Waals surface area (Å²) in [6, 6.07) is 0.692. The Balaban J connectivity index is 2.00. The van der Waals surface area contributed by atoms with Gasteiger partial charge in [-0.15, -0.1) is 0 Å². The van der Waals surface area contributed by atoms with Crippen molar-refractivity contribution in [2.24, 2.45) is 5.92 Å². The van der Waals surface area contributed by atoms with E-state index in [1.165, 1.54) is 38.6 Å².